The number of hydrogen-bond donors (Lipinski definition) is 1. The molecular formula is C25H24ClN. The molecule has 2 N–H and O–H groups in total. The second-order valence-corrected chi connectivity index (χ2v) is 8.20. The fourth-order valence-corrected chi connectivity index (χ4v) is 5.21. The van der Waals surface area contributed by atoms with Gasteiger partial charge in [0.25, 0.3) is 0 Å². The van der Waals surface area contributed by atoms with Crippen molar-refractivity contribution in [1.82, 2.24) is 0 Å². The molecule has 5 rings (SSSR count). The van der Waals surface area contributed by atoms with Gasteiger partial charge in [0.15, 0.2) is 0 Å². The molecule has 0 aromatic heterocycles. The molecule has 0 heterocycles. The number of rotatable bonds is 2. The highest BCUT2D eigenvalue weighted by Crippen LogP contribution is 2.39. The Labute approximate surface area is 165 Å². The van der Waals surface area contributed by atoms with Crippen LogP contribution in [-0.2, 0) is 13.0 Å². The zero-order chi connectivity index (χ0) is 18.4. The minimum Gasteiger partial charge on any atom is -0.326 e. The van der Waals surface area contributed by atoms with Crippen LogP contribution >= 0.6 is 11.6 Å². The SMILES string of the molecule is NCc1ccc(C2CCCc3c2ccc2c4c(c(Cl)cc32)=CCCC=4)cc1. The Morgan fingerprint density at radius 1 is 0.926 bits per heavy atom. The molecule has 1 atom stereocenters. The molecule has 3 aromatic rings. The van der Waals surface area contributed by atoms with Gasteiger partial charge in [-0.2, -0.15) is 0 Å². The van der Waals surface area contributed by atoms with Crippen LogP contribution in [-0.4, -0.2) is 0 Å². The highest BCUT2D eigenvalue weighted by molar-refractivity contribution is 6.31. The summed E-state index contributed by atoms with van der Waals surface area (Å²) in [5, 5.41) is 6.17. The number of hydrogen-bond acceptors (Lipinski definition) is 1. The average Bonchev–Trinajstić information content (AvgIpc) is 2.73. The molecule has 0 fully saturated rings. The maximum absolute atomic E-state index is 6.69. The van der Waals surface area contributed by atoms with Gasteiger partial charge >= 0.3 is 0 Å². The number of nitrogens with two attached hydrogens (primary N) is 1. The lowest BCUT2D eigenvalue weighted by Crippen LogP contribution is -2.29. The zero-order valence-corrected chi connectivity index (χ0v) is 16.2. The Morgan fingerprint density at radius 3 is 2.48 bits per heavy atom. The molecule has 2 aliphatic carbocycles. The van der Waals surface area contributed by atoms with Crippen molar-refractivity contribution in [2.24, 2.45) is 5.73 Å². The van der Waals surface area contributed by atoms with Crippen molar-refractivity contribution in [2.45, 2.75) is 44.6 Å². The lowest BCUT2D eigenvalue weighted by Gasteiger charge is -2.28. The molecule has 0 radical (unpaired) electrons. The number of aryl methyl sites for hydroxylation is 1. The predicted molar refractivity (Wildman–Crippen MR) is 115 cm³/mol. The molecule has 27 heavy (non-hydrogen) atoms. The van der Waals surface area contributed by atoms with Crippen molar-refractivity contribution < 1.29 is 0 Å². The first-order chi connectivity index (χ1) is 13.3. The molecule has 2 heteroatoms. The van der Waals surface area contributed by atoms with E-state index in [9.17, 15) is 0 Å². The first kappa shape index (κ1) is 17.0. The minimum absolute atomic E-state index is 0.468. The van der Waals surface area contributed by atoms with Gasteiger partial charge in [0, 0.05) is 17.5 Å². The third-order valence-electron chi connectivity index (χ3n) is 6.28. The van der Waals surface area contributed by atoms with E-state index in [1.165, 1.54) is 56.3 Å². The third-order valence-corrected chi connectivity index (χ3v) is 6.59. The molecule has 136 valence electrons. The second kappa shape index (κ2) is 6.82. The first-order valence-electron chi connectivity index (χ1n) is 9.99. The minimum atomic E-state index is 0.468. The lowest BCUT2D eigenvalue weighted by molar-refractivity contribution is 0.619. The predicted octanol–water partition coefficient (Wildman–Crippen LogP) is 4.77. The summed E-state index contributed by atoms with van der Waals surface area (Å²) in [6.45, 7) is 0.600. The third kappa shape index (κ3) is 2.81. The van der Waals surface area contributed by atoms with Crippen molar-refractivity contribution in [3.8, 4) is 0 Å². The number of halogens is 1. The van der Waals surface area contributed by atoms with Crippen LogP contribution in [0.5, 0.6) is 0 Å². The summed E-state index contributed by atoms with van der Waals surface area (Å²) in [7, 11) is 0. The van der Waals surface area contributed by atoms with Gasteiger partial charge < -0.3 is 5.73 Å². The standard InChI is InChI=1S/C25H24ClN/c26-25-14-24-20-7-3-6-18(17-10-8-16(15-27)9-11-17)21(20)12-13-22(24)19-4-1-2-5-23(19)25/h4-5,8-14,18H,1-3,6-7,15,27H2. The normalized spacial score (nSPS) is 18.4. The Bertz CT molecular complexity index is 1140. The quantitative estimate of drug-likeness (QED) is 0.687. The molecular weight excluding hydrogens is 350 g/mol. The van der Waals surface area contributed by atoms with Crippen LogP contribution in [0, 0.1) is 0 Å². The van der Waals surface area contributed by atoms with E-state index in [0.717, 1.165) is 24.3 Å². The van der Waals surface area contributed by atoms with Gasteiger partial charge in [-0.3, -0.25) is 0 Å². The van der Waals surface area contributed by atoms with Gasteiger partial charge in [0.2, 0.25) is 0 Å². The Kier molecular flexibility index (Phi) is 4.30. The molecule has 1 nitrogen and oxygen atoms in total. The maximum Gasteiger partial charge on any atom is 0.0487 e. The summed E-state index contributed by atoms with van der Waals surface area (Å²) in [5.74, 6) is 0.468. The van der Waals surface area contributed by atoms with Gasteiger partial charge in [0.1, 0.15) is 0 Å². The van der Waals surface area contributed by atoms with Crippen molar-refractivity contribution >= 4 is 34.5 Å². The average molecular weight is 374 g/mol. The van der Waals surface area contributed by atoms with E-state index in [1.54, 1.807) is 0 Å². The maximum atomic E-state index is 6.69. The molecule has 0 saturated heterocycles. The number of fused-ring (bicyclic) bond motifs is 5. The second-order valence-electron chi connectivity index (χ2n) is 7.79. The Morgan fingerprint density at radius 2 is 1.70 bits per heavy atom. The summed E-state index contributed by atoms with van der Waals surface area (Å²) < 4.78 is 0. The molecule has 0 bridgehead atoms. The highest BCUT2D eigenvalue weighted by Gasteiger charge is 2.24. The molecule has 0 aliphatic heterocycles. The summed E-state index contributed by atoms with van der Waals surface area (Å²) in [4.78, 5) is 0. The molecule has 2 aliphatic rings. The zero-order valence-electron chi connectivity index (χ0n) is 15.5. The van der Waals surface area contributed by atoms with Crippen molar-refractivity contribution in [3.63, 3.8) is 0 Å². The van der Waals surface area contributed by atoms with Crippen LogP contribution in [0.15, 0.2) is 42.5 Å². The van der Waals surface area contributed by atoms with Crippen LogP contribution in [0.4, 0.5) is 0 Å². The van der Waals surface area contributed by atoms with Gasteiger partial charge in [-0.1, -0.05) is 60.2 Å². The molecule has 0 spiro atoms. The van der Waals surface area contributed by atoms with Crippen molar-refractivity contribution in [3.05, 3.63) is 80.2 Å². The van der Waals surface area contributed by atoms with E-state index in [2.05, 4.69) is 54.6 Å². The lowest BCUT2D eigenvalue weighted by atomic mass is 9.77. The van der Waals surface area contributed by atoms with E-state index in [4.69, 9.17) is 17.3 Å². The fraction of sp³-hybridized carbons (Fsp3) is 0.280. The van der Waals surface area contributed by atoms with E-state index in [-0.39, 0.29) is 0 Å². The smallest absolute Gasteiger partial charge is 0.0487 e. The molecule has 0 saturated carbocycles. The van der Waals surface area contributed by atoms with E-state index < -0.39 is 0 Å². The van der Waals surface area contributed by atoms with E-state index >= 15 is 0 Å². The fourth-order valence-electron chi connectivity index (χ4n) is 4.92. The van der Waals surface area contributed by atoms with Gasteiger partial charge in [-0.05, 0) is 81.6 Å². The van der Waals surface area contributed by atoms with Crippen LogP contribution in [0.1, 0.15) is 53.9 Å². The van der Waals surface area contributed by atoms with Crippen LogP contribution < -0.4 is 16.2 Å². The van der Waals surface area contributed by atoms with Gasteiger partial charge in [0.05, 0.1) is 0 Å². The van der Waals surface area contributed by atoms with E-state index in [1.807, 2.05) is 0 Å². The molecule has 1 unspecified atom stereocenters. The summed E-state index contributed by atoms with van der Waals surface area (Å²) >= 11 is 6.69. The molecule has 0 amide bonds. The first-order valence-corrected chi connectivity index (χ1v) is 10.4. The van der Waals surface area contributed by atoms with Gasteiger partial charge in [-0.15, -0.1) is 0 Å². The van der Waals surface area contributed by atoms with Crippen LogP contribution in [0.2, 0.25) is 5.02 Å². The van der Waals surface area contributed by atoms with Crippen molar-refractivity contribution in [2.75, 3.05) is 0 Å². The van der Waals surface area contributed by atoms with Gasteiger partial charge in [-0.25, -0.2) is 0 Å². The van der Waals surface area contributed by atoms with Crippen molar-refractivity contribution in [1.29, 1.82) is 0 Å². The molecule has 3 aromatic carbocycles. The summed E-state index contributed by atoms with van der Waals surface area (Å²) in [5.41, 5.74) is 11.3. The highest BCUT2D eigenvalue weighted by atomic mass is 35.5. The van der Waals surface area contributed by atoms with E-state index in [0.29, 0.717) is 12.5 Å². The topological polar surface area (TPSA) is 26.0 Å². The Balaban J connectivity index is 1.72. The Hall–Kier alpha value is -2.09. The number of benzene rings is 3. The van der Waals surface area contributed by atoms with Crippen LogP contribution in [0.3, 0.4) is 0 Å². The largest absolute Gasteiger partial charge is 0.326 e. The van der Waals surface area contributed by atoms with Crippen LogP contribution in [0.25, 0.3) is 22.9 Å². The summed E-state index contributed by atoms with van der Waals surface area (Å²) in [6, 6.07) is 15.8. The summed E-state index contributed by atoms with van der Waals surface area (Å²) in [6.07, 6.45) is 10.4. The monoisotopic (exact) mass is 373 g/mol.